The standard InChI is InChI=1S/C12H21N3O2/c1-8-3-4-9(5-8)12-14-11(17-15-12)6-10(7-13)16-2/h8-10H,3-7,13H2,1-2H3. The molecule has 5 nitrogen and oxygen atoms in total. The average Bonchev–Trinajstić information content (AvgIpc) is 2.94. The van der Waals surface area contributed by atoms with Gasteiger partial charge in [0.15, 0.2) is 5.82 Å². The van der Waals surface area contributed by atoms with Gasteiger partial charge in [0.1, 0.15) is 0 Å². The molecule has 1 aromatic rings. The molecule has 17 heavy (non-hydrogen) atoms. The normalized spacial score (nSPS) is 26.3. The lowest BCUT2D eigenvalue weighted by Crippen LogP contribution is -2.24. The zero-order valence-corrected chi connectivity index (χ0v) is 10.6. The fourth-order valence-corrected chi connectivity index (χ4v) is 2.42. The number of methoxy groups -OCH3 is 1. The number of ether oxygens (including phenoxy) is 1. The molecule has 1 saturated carbocycles. The highest BCUT2D eigenvalue weighted by Gasteiger charge is 2.27. The summed E-state index contributed by atoms with van der Waals surface area (Å²) in [5.41, 5.74) is 5.56. The second-order valence-electron chi connectivity index (χ2n) is 4.96. The quantitative estimate of drug-likeness (QED) is 0.842. The molecule has 2 rings (SSSR count). The van der Waals surface area contributed by atoms with Crippen LogP contribution in [0, 0.1) is 5.92 Å². The van der Waals surface area contributed by atoms with Crippen LogP contribution in [-0.4, -0.2) is 29.9 Å². The Morgan fingerprint density at radius 1 is 1.53 bits per heavy atom. The molecule has 5 heteroatoms. The molecular formula is C12H21N3O2. The van der Waals surface area contributed by atoms with Crippen LogP contribution in [0.3, 0.4) is 0 Å². The Kier molecular flexibility index (Phi) is 4.12. The second kappa shape index (κ2) is 5.60. The highest BCUT2D eigenvalue weighted by atomic mass is 16.5. The molecule has 0 saturated heterocycles. The molecule has 1 aromatic heterocycles. The van der Waals surface area contributed by atoms with Gasteiger partial charge in [-0.1, -0.05) is 12.1 Å². The summed E-state index contributed by atoms with van der Waals surface area (Å²) in [6.45, 7) is 2.74. The van der Waals surface area contributed by atoms with Crippen LogP contribution in [0.5, 0.6) is 0 Å². The third kappa shape index (κ3) is 3.04. The van der Waals surface area contributed by atoms with Crippen molar-refractivity contribution >= 4 is 0 Å². The molecular weight excluding hydrogens is 218 g/mol. The van der Waals surface area contributed by atoms with Gasteiger partial charge >= 0.3 is 0 Å². The van der Waals surface area contributed by atoms with Gasteiger partial charge in [-0.3, -0.25) is 0 Å². The van der Waals surface area contributed by atoms with Crippen LogP contribution in [0.4, 0.5) is 0 Å². The third-order valence-corrected chi connectivity index (χ3v) is 3.54. The summed E-state index contributed by atoms with van der Waals surface area (Å²) in [4.78, 5) is 4.45. The maximum atomic E-state index is 5.56. The van der Waals surface area contributed by atoms with Gasteiger partial charge in [0, 0.05) is 19.6 Å². The van der Waals surface area contributed by atoms with Gasteiger partial charge in [-0.15, -0.1) is 0 Å². The Morgan fingerprint density at radius 3 is 2.94 bits per heavy atom. The van der Waals surface area contributed by atoms with Crippen molar-refractivity contribution < 1.29 is 9.26 Å². The first-order valence-corrected chi connectivity index (χ1v) is 6.28. The lowest BCUT2D eigenvalue weighted by Gasteiger charge is -2.08. The van der Waals surface area contributed by atoms with Gasteiger partial charge in [0.05, 0.1) is 12.5 Å². The molecule has 2 N–H and O–H groups in total. The molecule has 0 aromatic carbocycles. The van der Waals surface area contributed by atoms with Crippen molar-refractivity contribution in [3.63, 3.8) is 0 Å². The van der Waals surface area contributed by atoms with Crippen LogP contribution in [0.1, 0.15) is 43.8 Å². The number of rotatable bonds is 5. The summed E-state index contributed by atoms with van der Waals surface area (Å²) in [6, 6.07) is 0. The summed E-state index contributed by atoms with van der Waals surface area (Å²) in [5.74, 6) is 2.74. The van der Waals surface area contributed by atoms with E-state index >= 15 is 0 Å². The summed E-state index contributed by atoms with van der Waals surface area (Å²) >= 11 is 0. The predicted octanol–water partition coefficient (Wildman–Crippen LogP) is 1.49. The van der Waals surface area contributed by atoms with E-state index in [1.807, 2.05) is 0 Å². The second-order valence-corrected chi connectivity index (χ2v) is 4.96. The van der Waals surface area contributed by atoms with Gasteiger partial charge < -0.3 is 15.0 Å². The van der Waals surface area contributed by atoms with Gasteiger partial charge in [-0.05, 0) is 25.2 Å². The Hall–Kier alpha value is -0.940. The van der Waals surface area contributed by atoms with Crippen LogP contribution >= 0.6 is 0 Å². The molecule has 0 amide bonds. The maximum absolute atomic E-state index is 5.56. The van der Waals surface area contributed by atoms with Crippen LogP contribution in [0.2, 0.25) is 0 Å². The van der Waals surface area contributed by atoms with E-state index in [9.17, 15) is 0 Å². The smallest absolute Gasteiger partial charge is 0.229 e. The first kappa shape index (κ1) is 12.5. The fraction of sp³-hybridized carbons (Fsp3) is 0.833. The minimum absolute atomic E-state index is 0.0363. The van der Waals surface area contributed by atoms with Gasteiger partial charge in [0.2, 0.25) is 5.89 Å². The molecule has 0 bridgehead atoms. The lowest BCUT2D eigenvalue weighted by molar-refractivity contribution is 0.102. The highest BCUT2D eigenvalue weighted by molar-refractivity contribution is 4.99. The van der Waals surface area contributed by atoms with E-state index in [1.165, 1.54) is 19.3 Å². The van der Waals surface area contributed by atoms with E-state index in [0.717, 1.165) is 11.7 Å². The van der Waals surface area contributed by atoms with Crippen molar-refractivity contribution in [3.8, 4) is 0 Å². The van der Waals surface area contributed by atoms with E-state index in [-0.39, 0.29) is 6.10 Å². The van der Waals surface area contributed by atoms with E-state index in [2.05, 4.69) is 17.1 Å². The van der Waals surface area contributed by atoms with Crippen molar-refractivity contribution in [1.82, 2.24) is 10.1 Å². The monoisotopic (exact) mass is 239 g/mol. The van der Waals surface area contributed by atoms with E-state index in [4.69, 9.17) is 15.0 Å². The molecule has 3 atom stereocenters. The Balaban J connectivity index is 1.96. The van der Waals surface area contributed by atoms with Crippen molar-refractivity contribution in [2.24, 2.45) is 11.7 Å². The fourth-order valence-electron chi connectivity index (χ4n) is 2.42. The minimum atomic E-state index is -0.0363. The molecule has 0 spiro atoms. The SMILES string of the molecule is COC(CN)Cc1nc(C2CCC(C)C2)no1. The predicted molar refractivity (Wildman–Crippen MR) is 63.6 cm³/mol. The topological polar surface area (TPSA) is 74.2 Å². The molecule has 96 valence electrons. The Bertz CT molecular complexity index is 349. The number of hydrogen-bond donors (Lipinski definition) is 1. The van der Waals surface area contributed by atoms with Crippen molar-refractivity contribution in [3.05, 3.63) is 11.7 Å². The van der Waals surface area contributed by atoms with E-state index in [0.29, 0.717) is 24.8 Å². The summed E-state index contributed by atoms with van der Waals surface area (Å²) in [5, 5.41) is 4.07. The van der Waals surface area contributed by atoms with Crippen LogP contribution in [0.25, 0.3) is 0 Å². The number of nitrogens with zero attached hydrogens (tertiary/aromatic N) is 2. The lowest BCUT2D eigenvalue weighted by atomic mass is 10.1. The summed E-state index contributed by atoms with van der Waals surface area (Å²) in [7, 11) is 1.65. The number of hydrogen-bond acceptors (Lipinski definition) is 5. The zero-order valence-electron chi connectivity index (χ0n) is 10.6. The Labute approximate surface area is 102 Å². The van der Waals surface area contributed by atoms with Gasteiger partial charge in [0.25, 0.3) is 0 Å². The first-order valence-electron chi connectivity index (χ1n) is 6.28. The maximum Gasteiger partial charge on any atom is 0.229 e. The van der Waals surface area contributed by atoms with E-state index < -0.39 is 0 Å². The summed E-state index contributed by atoms with van der Waals surface area (Å²) in [6.07, 6.45) is 4.17. The molecule has 0 radical (unpaired) electrons. The molecule has 3 unspecified atom stereocenters. The summed E-state index contributed by atoms with van der Waals surface area (Å²) < 4.78 is 10.5. The van der Waals surface area contributed by atoms with Gasteiger partial charge in [-0.25, -0.2) is 0 Å². The molecule has 1 aliphatic rings. The van der Waals surface area contributed by atoms with E-state index in [1.54, 1.807) is 7.11 Å². The van der Waals surface area contributed by atoms with Gasteiger partial charge in [-0.2, -0.15) is 4.98 Å². The largest absolute Gasteiger partial charge is 0.380 e. The zero-order chi connectivity index (χ0) is 12.3. The van der Waals surface area contributed by atoms with Crippen LogP contribution in [-0.2, 0) is 11.2 Å². The van der Waals surface area contributed by atoms with Crippen molar-refractivity contribution in [2.45, 2.75) is 44.6 Å². The minimum Gasteiger partial charge on any atom is -0.380 e. The third-order valence-electron chi connectivity index (χ3n) is 3.54. The first-order chi connectivity index (χ1) is 8.22. The van der Waals surface area contributed by atoms with Crippen LogP contribution < -0.4 is 5.73 Å². The Morgan fingerprint density at radius 2 is 2.35 bits per heavy atom. The number of nitrogens with two attached hydrogens (primary N) is 1. The average molecular weight is 239 g/mol. The number of aromatic nitrogens is 2. The van der Waals surface area contributed by atoms with Crippen molar-refractivity contribution in [1.29, 1.82) is 0 Å². The highest BCUT2D eigenvalue weighted by Crippen LogP contribution is 2.36. The molecule has 1 fully saturated rings. The van der Waals surface area contributed by atoms with Crippen LogP contribution in [0.15, 0.2) is 4.52 Å². The molecule has 1 aliphatic carbocycles. The molecule has 0 aliphatic heterocycles. The van der Waals surface area contributed by atoms with Crippen molar-refractivity contribution in [2.75, 3.05) is 13.7 Å². The molecule has 1 heterocycles.